The molecule has 0 saturated carbocycles. The van der Waals surface area contributed by atoms with Crippen molar-refractivity contribution in [3.8, 4) is 0 Å². The Morgan fingerprint density at radius 3 is 2.83 bits per heavy atom. The van der Waals surface area contributed by atoms with Gasteiger partial charge >= 0.3 is 0 Å². The summed E-state index contributed by atoms with van der Waals surface area (Å²) in [7, 11) is -2.85. The second-order valence-corrected chi connectivity index (χ2v) is 5.33. The zero-order valence-corrected chi connectivity index (χ0v) is 7.74. The van der Waals surface area contributed by atoms with E-state index < -0.39 is 16.5 Å². The monoisotopic (exact) mass is 195 g/mol. The Kier molecular flexibility index (Phi) is 3.46. The molecular formula is C7H14FNO2S. The van der Waals surface area contributed by atoms with Gasteiger partial charge < -0.3 is 5.32 Å². The van der Waals surface area contributed by atoms with Crippen LogP contribution in [-0.2, 0) is 9.84 Å². The number of nitrogens with one attached hydrogen (secondary N) is 1. The molecule has 1 aliphatic heterocycles. The van der Waals surface area contributed by atoms with E-state index in [-0.39, 0.29) is 18.3 Å². The Balaban J connectivity index is 2.36. The van der Waals surface area contributed by atoms with E-state index in [1.807, 2.05) is 0 Å². The van der Waals surface area contributed by atoms with E-state index in [1.165, 1.54) is 0 Å². The predicted octanol–water partition coefficient (Wildman–Crippen LogP) is 0.123. The van der Waals surface area contributed by atoms with Crippen molar-refractivity contribution < 1.29 is 12.8 Å². The molecule has 12 heavy (non-hydrogen) atoms. The number of hydrogen-bond donors (Lipinski definition) is 1. The lowest BCUT2D eigenvalue weighted by Gasteiger charge is -2.22. The topological polar surface area (TPSA) is 46.2 Å². The molecule has 1 N–H and O–H groups in total. The summed E-state index contributed by atoms with van der Waals surface area (Å²) in [6.45, 7) is -0.170. The van der Waals surface area contributed by atoms with Gasteiger partial charge in [-0.25, -0.2) is 12.8 Å². The van der Waals surface area contributed by atoms with Crippen molar-refractivity contribution in [3.63, 3.8) is 0 Å². The Bertz CT molecular complexity index is 228. The third kappa shape index (κ3) is 3.06. The molecule has 0 radical (unpaired) electrons. The number of halogens is 1. The zero-order chi connectivity index (χ0) is 9.03. The summed E-state index contributed by atoms with van der Waals surface area (Å²) in [5.41, 5.74) is 0. The van der Waals surface area contributed by atoms with Crippen LogP contribution in [0, 0.1) is 0 Å². The molecule has 72 valence electrons. The second-order valence-electron chi connectivity index (χ2n) is 3.10. The summed E-state index contributed by atoms with van der Waals surface area (Å²) in [6.07, 6.45) is 1.55. The van der Waals surface area contributed by atoms with Gasteiger partial charge in [-0.05, 0) is 12.8 Å². The van der Waals surface area contributed by atoms with Crippen LogP contribution in [0.25, 0.3) is 0 Å². The molecule has 0 aromatic carbocycles. The highest BCUT2D eigenvalue weighted by Gasteiger charge is 2.23. The molecule has 0 amide bonds. The summed E-state index contributed by atoms with van der Waals surface area (Å²) in [6, 6.07) is -0.0282. The van der Waals surface area contributed by atoms with E-state index in [1.54, 1.807) is 0 Å². The second kappa shape index (κ2) is 4.18. The van der Waals surface area contributed by atoms with E-state index in [0.29, 0.717) is 12.2 Å². The molecule has 1 heterocycles. The van der Waals surface area contributed by atoms with E-state index in [2.05, 4.69) is 5.32 Å². The number of sulfone groups is 1. The molecule has 0 aliphatic carbocycles. The third-order valence-electron chi connectivity index (χ3n) is 1.99. The van der Waals surface area contributed by atoms with Crippen LogP contribution < -0.4 is 5.32 Å². The molecule has 1 aliphatic rings. The van der Waals surface area contributed by atoms with Gasteiger partial charge in [-0.2, -0.15) is 0 Å². The van der Waals surface area contributed by atoms with E-state index in [9.17, 15) is 12.8 Å². The van der Waals surface area contributed by atoms with Gasteiger partial charge in [-0.15, -0.1) is 0 Å². The van der Waals surface area contributed by atoms with Gasteiger partial charge in [0.1, 0.15) is 6.67 Å². The predicted molar refractivity (Wildman–Crippen MR) is 45.7 cm³/mol. The molecule has 1 unspecified atom stereocenters. The van der Waals surface area contributed by atoms with Crippen molar-refractivity contribution in [1.82, 2.24) is 5.32 Å². The fourth-order valence-corrected chi connectivity index (χ4v) is 3.11. The molecule has 0 aromatic heterocycles. The maximum absolute atomic E-state index is 11.7. The molecule has 5 heteroatoms. The summed E-state index contributed by atoms with van der Waals surface area (Å²) in [4.78, 5) is 0. The first-order chi connectivity index (χ1) is 5.64. The number of hydrogen-bond acceptors (Lipinski definition) is 3. The van der Waals surface area contributed by atoms with E-state index >= 15 is 0 Å². The number of rotatable bonds is 3. The maximum atomic E-state index is 11.7. The van der Waals surface area contributed by atoms with Crippen LogP contribution in [0.2, 0.25) is 0 Å². The minimum atomic E-state index is -2.85. The molecule has 1 atom stereocenters. The smallest absolute Gasteiger partial charge is 0.151 e. The summed E-state index contributed by atoms with van der Waals surface area (Å²) < 4.78 is 33.9. The Morgan fingerprint density at radius 1 is 1.50 bits per heavy atom. The van der Waals surface area contributed by atoms with Gasteiger partial charge in [0.2, 0.25) is 0 Å². The van der Waals surface area contributed by atoms with Gasteiger partial charge in [-0.3, -0.25) is 0 Å². The van der Waals surface area contributed by atoms with Crippen molar-refractivity contribution in [2.24, 2.45) is 0 Å². The Labute approximate surface area is 72.3 Å². The molecule has 0 aromatic rings. The first kappa shape index (κ1) is 9.92. The highest BCUT2D eigenvalue weighted by molar-refractivity contribution is 7.91. The molecule has 3 nitrogen and oxygen atoms in total. The highest BCUT2D eigenvalue weighted by atomic mass is 32.2. The molecule has 0 bridgehead atoms. The lowest BCUT2D eigenvalue weighted by molar-refractivity contribution is 0.421. The Hall–Kier alpha value is -0.160. The van der Waals surface area contributed by atoms with Crippen LogP contribution in [0.4, 0.5) is 4.39 Å². The molecular weight excluding hydrogens is 181 g/mol. The van der Waals surface area contributed by atoms with Gasteiger partial charge in [0.15, 0.2) is 9.84 Å². The van der Waals surface area contributed by atoms with Crippen LogP contribution in [0.5, 0.6) is 0 Å². The standard InChI is InChI=1S/C7H14FNO2S/c8-3-4-9-7-2-1-5-12(10,11)6-7/h7,9H,1-6H2. The van der Waals surface area contributed by atoms with E-state index in [0.717, 1.165) is 6.42 Å². The normalized spacial score (nSPS) is 28.6. The summed E-state index contributed by atoms with van der Waals surface area (Å²) in [5, 5.41) is 2.87. The molecule has 1 rings (SSSR count). The highest BCUT2D eigenvalue weighted by Crippen LogP contribution is 2.11. The fraction of sp³-hybridized carbons (Fsp3) is 1.00. The van der Waals surface area contributed by atoms with Crippen molar-refractivity contribution in [2.45, 2.75) is 18.9 Å². The van der Waals surface area contributed by atoms with Crippen LogP contribution in [0.15, 0.2) is 0 Å². The van der Waals surface area contributed by atoms with Crippen LogP contribution in [0.3, 0.4) is 0 Å². The third-order valence-corrected chi connectivity index (χ3v) is 3.81. The molecule has 0 spiro atoms. The average molecular weight is 195 g/mol. The average Bonchev–Trinajstić information content (AvgIpc) is 1.99. The van der Waals surface area contributed by atoms with Crippen LogP contribution in [0.1, 0.15) is 12.8 Å². The van der Waals surface area contributed by atoms with Crippen LogP contribution >= 0.6 is 0 Å². The summed E-state index contributed by atoms with van der Waals surface area (Å²) >= 11 is 0. The quantitative estimate of drug-likeness (QED) is 0.696. The van der Waals surface area contributed by atoms with Gasteiger partial charge in [0.25, 0.3) is 0 Å². The SMILES string of the molecule is O=S1(=O)CCCC(NCCF)C1. The van der Waals surface area contributed by atoms with Gasteiger partial charge in [-0.1, -0.05) is 0 Å². The van der Waals surface area contributed by atoms with Crippen molar-refractivity contribution in [1.29, 1.82) is 0 Å². The maximum Gasteiger partial charge on any atom is 0.151 e. The lowest BCUT2D eigenvalue weighted by atomic mass is 10.2. The largest absolute Gasteiger partial charge is 0.310 e. The van der Waals surface area contributed by atoms with Crippen molar-refractivity contribution >= 4 is 9.84 Å². The number of alkyl halides is 1. The summed E-state index contributed by atoms with van der Waals surface area (Å²) in [5.74, 6) is 0.466. The lowest BCUT2D eigenvalue weighted by Crippen LogP contribution is -2.40. The first-order valence-electron chi connectivity index (χ1n) is 4.14. The van der Waals surface area contributed by atoms with Gasteiger partial charge in [0.05, 0.1) is 11.5 Å². The zero-order valence-electron chi connectivity index (χ0n) is 6.92. The van der Waals surface area contributed by atoms with E-state index in [4.69, 9.17) is 0 Å². The minimum absolute atomic E-state index is 0.0282. The van der Waals surface area contributed by atoms with Gasteiger partial charge in [0, 0.05) is 12.6 Å². The minimum Gasteiger partial charge on any atom is -0.310 e. The Morgan fingerprint density at radius 2 is 2.25 bits per heavy atom. The van der Waals surface area contributed by atoms with Crippen molar-refractivity contribution in [3.05, 3.63) is 0 Å². The molecule has 1 saturated heterocycles. The molecule has 1 fully saturated rings. The van der Waals surface area contributed by atoms with Crippen molar-refractivity contribution in [2.75, 3.05) is 24.7 Å². The fourth-order valence-electron chi connectivity index (χ4n) is 1.44. The van der Waals surface area contributed by atoms with Crippen LogP contribution in [-0.4, -0.2) is 39.2 Å². The first-order valence-corrected chi connectivity index (χ1v) is 5.96.